The maximum absolute atomic E-state index is 11.3. The van der Waals surface area contributed by atoms with E-state index < -0.39 is 0 Å². The van der Waals surface area contributed by atoms with Crippen LogP contribution in [-0.2, 0) is 9.47 Å². The Labute approximate surface area is 119 Å². The number of hydrogen-bond acceptors (Lipinski definition) is 5. The van der Waals surface area contributed by atoms with Crippen LogP contribution in [0.4, 0.5) is 4.79 Å². The maximum atomic E-state index is 11.3. The highest BCUT2D eigenvalue weighted by molar-refractivity contribution is 5.66. The molecule has 0 unspecified atom stereocenters. The smallest absolute Gasteiger partial charge is 0.409 e. The van der Waals surface area contributed by atoms with Crippen molar-refractivity contribution in [3.8, 4) is 0 Å². The molecule has 6 heteroatoms. The molecule has 1 aliphatic rings. The summed E-state index contributed by atoms with van der Waals surface area (Å²) < 4.78 is 16.5. The zero-order valence-electron chi connectivity index (χ0n) is 12.3. The van der Waals surface area contributed by atoms with Gasteiger partial charge in [-0.15, -0.1) is 0 Å². The first-order valence-electron chi connectivity index (χ1n) is 6.80. The molecule has 0 saturated carbocycles. The average Bonchev–Trinajstić information content (AvgIpc) is 2.85. The minimum absolute atomic E-state index is 0.0398. The minimum Gasteiger partial charge on any atom is -0.464 e. The molecule has 1 fully saturated rings. The number of furan rings is 1. The van der Waals surface area contributed by atoms with Crippen molar-refractivity contribution in [3.63, 3.8) is 0 Å². The fraction of sp³-hybridized carbons (Fsp3) is 0.643. The van der Waals surface area contributed by atoms with E-state index in [1.807, 2.05) is 19.1 Å². The quantitative estimate of drug-likeness (QED) is 0.840. The lowest BCUT2D eigenvalue weighted by molar-refractivity contribution is -0.0446. The summed E-state index contributed by atoms with van der Waals surface area (Å²) in [6.45, 7) is 5.28. The second-order valence-electron chi connectivity index (χ2n) is 5.12. The van der Waals surface area contributed by atoms with E-state index in [1.165, 1.54) is 4.90 Å². The Morgan fingerprint density at radius 1 is 1.50 bits per heavy atom. The lowest BCUT2D eigenvalue weighted by Gasteiger charge is -2.31. The number of rotatable bonds is 4. The molecule has 2 rings (SSSR count). The Morgan fingerprint density at radius 3 is 2.95 bits per heavy atom. The minimum atomic E-state index is -0.309. The fourth-order valence-corrected chi connectivity index (χ4v) is 2.10. The molecule has 1 atom stereocenters. The van der Waals surface area contributed by atoms with Crippen LogP contribution in [0.2, 0.25) is 0 Å². The van der Waals surface area contributed by atoms with Crippen LogP contribution in [0.3, 0.4) is 0 Å². The third kappa shape index (κ3) is 3.98. The van der Waals surface area contributed by atoms with Crippen LogP contribution in [0.15, 0.2) is 16.5 Å². The van der Waals surface area contributed by atoms with Gasteiger partial charge in [0.25, 0.3) is 0 Å². The van der Waals surface area contributed by atoms with Gasteiger partial charge in [0.05, 0.1) is 6.61 Å². The van der Waals surface area contributed by atoms with E-state index in [0.29, 0.717) is 19.8 Å². The normalized spacial score (nSPS) is 19.9. The predicted molar refractivity (Wildman–Crippen MR) is 73.6 cm³/mol. The molecule has 0 bridgehead atoms. The molecule has 0 aromatic carbocycles. The van der Waals surface area contributed by atoms with E-state index in [1.54, 1.807) is 14.1 Å². The summed E-state index contributed by atoms with van der Waals surface area (Å²) >= 11 is 0. The van der Waals surface area contributed by atoms with Crippen LogP contribution in [0.1, 0.15) is 17.6 Å². The number of amides is 1. The summed E-state index contributed by atoms with van der Waals surface area (Å²) in [5.74, 6) is 1.75. The third-order valence-corrected chi connectivity index (χ3v) is 3.23. The van der Waals surface area contributed by atoms with Crippen molar-refractivity contribution in [1.29, 1.82) is 0 Å². The van der Waals surface area contributed by atoms with Crippen molar-refractivity contribution in [2.24, 2.45) is 0 Å². The first kappa shape index (κ1) is 14.9. The van der Waals surface area contributed by atoms with Crippen molar-refractivity contribution in [2.75, 3.05) is 46.9 Å². The van der Waals surface area contributed by atoms with Gasteiger partial charge >= 0.3 is 6.09 Å². The van der Waals surface area contributed by atoms with Crippen LogP contribution in [0.5, 0.6) is 0 Å². The second kappa shape index (κ2) is 6.76. The SMILES string of the molecule is Cc1ccc([C@H]2CN(CCOC(=O)N(C)C)CCO2)o1. The molecule has 2 heterocycles. The van der Waals surface area contributed by atoms with E-state index in [4.69, 9.17) is 13.9 Å². The summed E-state index contributed by atoms with van der Waals surface area (Å²) in [4.78, 5) is 15.0. The molecule has 6 nitrogen and oxygen atoms in total. The Balaban J connectivity index is 1.77. The highest BCUT2D eigenvalue weighted by atomic mass is 16.6. The van der Waals surface area contributed by atoms with Gasteiger partial charge in [-0.05, 0) is 19.1 Å². The van der Waals surface area contributed by atoms with Crippen LogP contribution < -0.4 is 0 Å². The van der Waals surface area contributed by atoms with Crippen molar-refractivity contribution >= 4 is 6.09 Å². The number of carbonyl (C=O) groups is 1. The monoisotopic (exact) mass is 282 g/mol. The van der Waals surface area contributed by atoms with Crippen molar-refractivity contribution in [2.45, 2.75) is 13.0 Å². The number of carbonyl (C=O) groups excluding carboxylic acids is 1. The molecule has 1 aliphatic heterocycles. The van der Waals surface area contributed by atoms with Crippen LogP contribution in [0.25, 0.3) is 0 Å². The van der Waals surface area contributed by atoms with Crippen molar-refractivity contribution in [3.05, 3.63) is 23.7 Å². The van der Waals surface area contributed by atoms with Crippen LogP contribution in [0, 0.1) is 6.92 Å². The molecule has 0 spiro atoms. The van der Waals surface area contributed by atoms with E-state index in [-0.39, 0.29) is 12.2 Å². The summed E-state index contributed by atoms with van der Waals surface area (Å²) in [7, 11) is 3.35. The summed E-state index contributed by atoms with van der Waals surface area (Å²) in [6, 6.07) is 3.89. The first-order valence-corrected chi connectivity index (χ1v) is 6.80. The number of morpholine rings is 1. The molecular weight excluding hydrogens is 260 g/mol. The van der Waals surface area contributed by atoms with E-state index in [2.05, 4.69) is 4.90 Å². The lowest BCUT2D eigenvalue weighted by Crippen LogP contribution is -2.40. The molecule has 112 valence electrons. The maximum Gasteiger partial charge on any atom is 0.409 e. The highest BCUT2D eigenvalue weighted by Gasteiger charge is 2.24. The Bertz CT molecular complexity index is 444. The number of hydrogen-bond donors (Lipinski definition) is 0. The number of ether oxygens (including phenoxy) is 2. The number of nitrogens with zero attached hydrogens (tertiary/aromatic N) is 2. The second-order valence-corrected chi connectivity index (χ2v) is 5.12. The summed E-state index contributed by atoms with van der Waals surface area (Å²) in [5.41, 5.74) is 0. The third-order valence-electron chi connectivity index (χ3n) is 3.23. The van der Waals surface area contributed by atoms with E-state index >= 15 is 0 Å². The van der Waals surface area contributed by atoms with E-state index in [9.17, 15) is 4.79 Å². The Hall–Kier alpha value is -1.53. The molecule has 1 saturated heterocycles. The topological polar surface area (TPSA) is 55.2 Å². The van der Waals surface area contributed by atoms with Crippen molar-refractivity contribution < 1.29 is 18.7 Å². The van der Waals surface area contributed by atoms with Gasteiger partial charge in [-0.2, -0.15) is 0 Å². The van der Waals surface area contributed by atoms with Gasteiger partial charge in [0.1, 0.15) is 24.2 Å². The van der Waals surface area contributed by atoms with Gasteiger partial charge in [-0.1, -0.05) is 0 Å². The standard InChI is InChI=1S/C14H22N2O4/c1-11-4-5-12(20-11)13-10-16(6-8-18-13)7-9-19-14(17)15(2)3/h4-5,13H,6-10H2,1-3H3/t13-/m1/s1. The zero-order valence-corrected chi connectivity index (χ0v) is 12.3. The Kier molecular flexibility index (Phi) is 5.03. The van der Waals surface area contributed by atoms with Gasteiger partial charge in [0.2, 0.25) is 0 Å². The molecule has 0 aliphatic carbocycles. The largest absolute Gasteiger partial charge is 0.464 e. The summed E-state index contributed by atoms with van der Waals surface area (Å²) in [5, 5.41) is 0. The van der Waals surface area contributed by atoms with Gasteiger partial charge in [-0.3, -0.25) is 4.90 Å². The van der Waals surface area contributed by atoms with Crippen LogP contribution >= 0.6 is 0 Å². The fourth-order valence-electron chi connectivity index (χ4n) is 2.10. The van der Waals surface area contributed by atoms with Gasteiger partial charge < -0.3 is 18.8 Å². The lowest BCUT2D eigenvalue weighted by atomic mass is 10.2. The molecule has 1 aromatic rings. The van der Waals surface area contributed by atoms with Crippen LogP contribution in [-0.4, -0.2) is 62.8 Å². The Morgan fingerprint density at radius 2 is 2.30 bits per heavy atom. The average molecular weight is 282 g/mol. The highest BCUT2D eigenvalue weighted by Crippen LogP contribution is 2.23. The molecular formula is C14H22N2O4. The molecule has 20 heavy (non-hydrogen) atoms. The first-order chi connectivity index (χ1) is 9.56. The summed E-state index contributed by atoms with van der Waals surface area (Å²) in [6.07, 6.45) is -0.349. The van der Waals surface area contributed by atoms with Crippen molar-refractivity contribution in [1.82, 2.24) is 9.80 Å². The molecule has 0 N–H and O–H groups in total. The van der Waals surface area contributed by atoms with Gasteiger partial charge in [0.15, 0.2) is 0 Å². The molecule has 1 amide bonds. The zero-order chi connectivity index (χ0) is 14.5. The van der Waals surface area contributed by atoms with Gasteiger partial charge in [0, 0.05) is 33.7 Å². The molecule has 1 aromatic heterocycles. The van der Waals surface area contributed by atoms with E-state index in [0.717, 1.165) is 24.6 Å². The predicted octanol–water partition coefficient (Wildman–Crippen LogP) is 1.66. The van der Waals surface area contributed by atoms with Gasteiger partial charge in [-0.25, -0.2) is 4.79 Å². The molecule has 0 radical (unpaired) electrons. The number of aryl methyl sites for hydroxylation is 1.